The molecule has 0 radical (unpaired) electrons. The second-order valence-electron chi connectivity index (χ2n) is 4.80. The summed E-state index contributed by atoms with van der Waals surface area (Å²) in [5.74, 6) is 0. The van der Waals surface area contributed by atoms with Gasteiger partial charge in [0.2, 0.25) is 0 Å². The number of ether oxygens (including phenoxy) is 1. The fraction of sp³-hybridized carbons (Fsp3) is 1.00. The molecule has 0 unspecified atom stereocenters. The molecule has 0 saturated carbocycles. The molecule has 0 heterocycles. The molecule has 0 aliphatic carbocycles. The van der Waals surface area contributed by atoms with Crippen LogP contribution in [0.1, 0.15) is 27.7 Å². The molecule has 3 nitrogen and oxygen atoms in total. The van der Waals surface area contributed by atoms with E-state index >= 15 is 0 Å². The zero-order valence-corrected chi connectivity index (χ0v) is 10.6. The van der Waals surface area contributed by atoms with Gasteiger partial charge in [0.1, 0.15) is 0 Å². The molecule has 14 heavy (non-hydrogen) atoms. The van der Waals surface area contributed by atoms with Gasteiger partial charge in [0, 0.05) is 18.6 Å². The van der Waals surface area contributed by atoms with Crippen LogP contribution in [-0.2, 0) is 4.74 Å². The monoisotopic (exact) mass is 202 g/mol. The third-order valence-electron chi connectivity index (χ3n) is 2.50. The second kappa shape index (κ2) is 6.38. The summed E-state index contributed by atoms with van der Waals surface area (Å²) in [6.45, 7) is 11.3. The Morgan fingerprint density at radius 3 is 2.29 bits per heavy atom. The van der Waals surface area contributed by atoms with Gasteiger partial charge in [-0.15, -0.1) is 0 Å². The molecule has 0 saturated heterocycles. The highest BCUT2D eigenvalue weighted by atomic mass is 16.5. The molecule has 1 N–H and O–H groups in total. The average Bonchev–Trinajstić information content (AvgIpc) is 2.02. The number of nitrogens with one attached hydrogen (secondary N) is 1. The van der Waals surface area contributed by atoms with Crippen molar-refractivity contribution < 1.29 is 4.74 Å². The number of rotatable bonds is 7. The molecule has 0 aromatic heterocycles. The van der Waals surface area contributed by atoms with Gasteiger partial charge in [0.05, 0.1) is 12.7 Å². The lowest BCUT2D eigenvalue weighted by Gasteiger charge is -2.32. The van der Waals surface area contributed by atoms with Crippen molar-refractivity contribution in [1.29, 1.82) is 0 Å². The fourth-order valence-corrected chi connectivity index (χ4v) is 0.919. The van der Waals surface area contributed by atoms with E-state index in [9.17, 15) is 0 Å². The lowest BCUT2D eigenvalue weighted by atomic mass is 10.0. The topological polar surface area (TPSA) is 24.5 Å². The summed E-state index contributed by atoms with van der Waals surface area (Å²) in [4.78, 5) is 2.23. The lowest BCUT2D eigenvalue weighted by Crippen LogP contribution is -2.47. The van der Waals surface area contributed by atoms with Crippen molar-refractivity contribution >= 4 is 0 Å². The van der Waals surface area contributed by atoms with Gasteiger partial charge in [0.15, 0.2) is 0 Å². The first-order chi connectivity index (χ1) is 6.36. The van der Waals surface area contributed by atoms with Gasteiger partial charge in [-0.1, -0.05) is 0 Å². The summed E-state index contributed by atoms with van der Waals surface area (Å²) in [7, 11) is 4.21. The maximum absolute atomic E-state index is 5.44. The molecule has 0 bridgehead atoms. The van der Waals surface area contributed by atoms with Crippen molar-refractivity contribution in [2.45, 2.75) is 39.3 Å². The maximum atomic E-state index is 5.44. The zero-order chi connectivity index (χ0) is 11.2. The molecule has 0 atom stereocenters. The first-order valence-electron chi connectivity index (χ1n) is 5.36. The highest BCUT2D eigenvalue weighted by Gasteiger charge is 2.18. The Balaban J connectivity index is 3.45. The van der Waals surface area contributed by atoms with E-state index < -0.39 is 0 Å². The third kappa shape index (κ3) is 6.35. The molecule has 0 rings (SSSR count). The highest BCUT2D eigenvalue weighted by molar-refractivity contribution is 4.79. The van der Waals surface area contributed by atoms with Crippen LogP contribution in [0.3, 0.4) is 0 Å². The van der Waals surface area contributed by atoms with Crippen LogP contribution in [-0.4, -0.2) is 50.3 Å². The fourth-order valence-electron chi connectivity index (χ4n) is 0.919. The van der Waals surface area contributed by atoms with Gasteiger partial charge in [-0.25, -0.2) is 0 Å². The predicted molar refractivity (Wildman–Crippen MR) is 61.7 cm³/mol. The van der Waals surface area contributed by atoms with Crippen molar-refractivity contribution in [3.05, 3.63) is 0 Å². The Morgan fingerprint density at radius 2 is 1.86 bits per heavy atom. The molecular formula is C11H26N2O. The Kier molecular flexibility index (Phi) is 6.33. The molecular weight excluding hydrogens is 176 g/mol. The van der Waals surface area contributed by atoms with Gasteiger partial charge < -0.3 is 15.0 Å². The summed E-state index contributed by atoms with van der Waals surface area (Å²) in [6, 6.07) is 0. The number of hydrogen-bond donors (Lipinski definition) is 1. The van der Waals surface area contributed by atoms with E-state index in [4.69, 9.17) is 4.74 Å². The van der Waals surface area contributed by atoms with E-state index in [1.165, 1.54) is 0 Å². The lowest BCUT2D eigenvalue weighted by molar-refractivity contribution is 0.0782. The van der Waals surface area contributed by atoms with E-state index in [2.05, 4.69) is 52.0 Å². The smallest absolute Gasteiger partial charge is 0.0594 e. The molecule has 3 heteroatoms. The van der Waals surface area contributed by atoms with Crippen LogP contribution in [0, 0.1) is 0 Å². The quantitative estimate of drug-likeness (QED) is 0.631. The van der Waals surface area contributed by atoms with Crippen molar-refractivity contribution in [2.24, 2.45) is 0 Å². The SMILES string of the molecule is CC(C)OCCNCC(C)(C)N(C)C. The van der Waals surface area contributed by atoms with E-state index in [0.29, 0.717) is 6.10 Å². The Morgan fingerprint density at radius 1 is 1.29 bits per heavy atom. The molecule has 0 aromatic rings. The first kappa shape index (κ1) is 13.9. The minimum Gasteiger partial charge on any atom is -0.377 e. The van der Waals surface area contributed by atoms with E-state index in [0.717, 1.165) is 19.7 Å². The molecule has 0 fully saturated rings. The van der Waals surface area contributed by atoms with E-state index in [-0.39, 0.29) is 5.54 Å². The minimum atomic E-state index is 0.206. The zero-order valence-electron chi connectivity index (χ0n) is 10.6. The summed E-state index contributed by atoms with van der Waals surface area (Å²) in [6.07, 6.45) is 0.332. The van der Waals surface area contributed by atoms with Crippen LogP contribution in [0.2, 0.25) is 0 Å². The number of nitrogens with zero attached hydrogens (tertiary/aromatic N) is 1. The van der Waals surface area contributed by atoms with Gasteiger partial charge in [0.25, 0.3) is 0 Å². The van der Waals surface area contributed by atoms with Crippen molar-refractivity contribution in [2.75, 3.05) is 33.8 Å². The summed E-state index contributed by atoms with van der Waals surface area (Å²) in [5, 5.41) is 3.40. The van der Waals surface area contributed by atoms with E-state index in [1.54, 1.807) is 0 Å². The van der Waals surface area contributed by atoms with E-state index in [1.807, 2.05) is 0 Å². The summed E-state index contributed by atoms with van der Waals surface area (Å²) < 4.78 is 5.44. The van der Waals surface area contributed by atoms with Crippen molar-refractivity contribution in [3.8, 4) is 0 Å². The summed E-state index contributed by atoms with van der Waals surface area (Å²) >= 11 is 0. The van der Waals surface area contributed by atoms with Crippen molar-refractivity contribution in [3.63, 3.8) is 0 Å². The predicted octanol–water partition coefficient (Wildman–Crippen LogP) is 1.34. The normalized spacial score (nSPS) is 12.9. The molecule has 0 aliphatic heterocycles. The van der Waals surface area contributed by atoms with Crippen LogP contribution in [0.15, 0.2) is 0 Å². The van der Waals surface area contributed by atoms with Crippen LogP contribution < -0.4 is 5.32 Å². The standard InChI is InChI=1S/C11H26N2O/c1-10(2)14-8-7-12-9-11(3,4)13(5)6/h10,12H,7-9H2,1-6H3. The van der Waals surface area contributed by atoms with Gasteiger partial charge in [-0.3, -0.25) is 0 Å². The third-order valence-corrected chi connectivity index (χ3v) is 2.50. The minimum absolute atomic E-state index is 0.206. The highest BCUT2D eigenvalue weighted by Crippen LogP contribution is 2.07. The molecule has 86 valence electrons. The number of hydrogen-bond acceptors (Lipinski definition) is 3. The Bertz CT molecular complexity index is 144. The second-order valence-corrected chi connectivity index (χ2v) is 4.80. The molecule has 0 spiro atoms. The van der Waals surface area contributed by atoms with Gasteiger partial charge in [-0.2, -0.15) is 0 Å². The van der Waals surface area contributed by atoms with Crippen LogP contribution in [0.25, 0.3) is 0 Å². The first-order valence-corrected chi connectivity index (χ1v) is 5.36. The number of likely N-dealkylation sites (N-methyl/N-ethyl adjacent to an activating group) is 1. The van der Waals surface area contributed by atoms with Crippen LogP contribution >= 0.6 is 0 Å². The largest absolute Gasteiger partial charge is 0.377 e. The van der Waals surface area contributed by atoms with Crippen LogP contribution in [0.4, 0.5) is 0 Å². The maximum Gasteiger partial charge on any atom is 0.0594 e. The average molecular weight is 202 g/mol. The summed E-state index contributed by atoms with van der Waals surface area (Å²) in [5.41, 5.74) is 0.206. The molecule has 0 amide bonds. The molecule has 0 aromatic carbocycles. The molecule has 0 aliphatic rings. The van der Waals surface area contributed by atoms with Gasteiger partial charge >= 0.3 is 0 Å². The van der Waals surface area contributed by atoms with Crippen LogP contribution in [0.5, 0.6) is 0 Å². The van der Waals surface area contributed by atoms with Crippen molar-refractivity contribution in [1.82, 2.24) is 10.2 Å². The Labute approximate surface area is 88.8 Å². The van der Waals surface area contributed by atoms with Gasteiger partial charge in [-0.05, 0) is 41.8 Å². The Hall–Kier alpha value is -0.120.